The Bertz CT molecular complexity index is 529. The fourth-order valence-electron chi connectivity index (χ4n) is 1.43. The van der Waals surface area contributed by atoms with E-state index in [1.807, 2.05) is 0 Å². The van der Waals surface area contributed by atoms with Crippen LogP contribution in [0.1, 0.15) is 18.1 Å². The van der Waals surface area contributed by atoms with Gasteiger partial charge in [0.2, 0.25) is 0 Å². The van der Waals surface area contributed by atoms with Gasteiger partial charge in [0.05, 0.1) is 5.56 Å². The number of benzene rings is 1. The van der Waals surface area contributed by atoms with Crippen molar-refractivity contribution in [3.8, 4) is 0 Å². The first-order valence-corrected chi connectivity index (χ1v) is 5.59. The minimum Gasteiger partial charge on any atom is -0.480 e. The summed E-state index contributed by atoms with van der Waals surface area (Å²) in [5.74, 6) is -1.25. The Morgan fingerprint density at radius 2 is 1.90 bits per heavy atom. The van der Waals surface area contributed by atoms with Crippen LogP contribution in [0, 0.1) is 6.92 Å². The quantitative estimate of drug-likeness (QED) is 0.800. The highest BCUT2D eigenvalue weighted by molar-refractivity contribution is 5.92. The van der Waals surface area contributed by atoms with Crippen LogP contribution in [0.3, 0.4) is 0 Å². The fourth-order valence-corrected chi connectivity index (χ4v) is 1.43. The smallest absolute Gasteiger partial charge is 0.416 e. The van der Waals surface area contributed by atoms with Crippen molar-refractivity contribution in [2.45, 2.75) is 26.1 Å². The molecule has 1 unspecified atom stereocenters. The highest BCUT2D eigenvalue weighted by Crippen LogP contribution is 2.33. The van der Waals surface area contributed by atoms with Gasteiger partial charge in [0, 0.05) is 5.69 Å². The van der Waals surface area contributed by atoms with Crippen LogP contribution in [0.15, 0.2) is 18.2 Å². The molecular weight excluding hydrogens is 277 g/mol. The molecule has 0 heterocycles. The summed E-state index contributed by atoms with van der Waals surface area (Å²) in [6.07, 6.45) is -4.52. The number of halogens is 3. The van der Waals surface area contributed by atoms with Gasteiger partial charge < -0.3 is 15.7 Å². The Kier molecular flexibility index (Phi) is 4.59. The minimum atomic E-state index is -4.52. The first-order chi connectivity index (χ1) is 9.11. The van der Waals surface area contributed by atoms with Gasteiger partial charge in [-0.1, -0.05) is 6.07 Å². The lowest BCUT2D eigenvalue weighted by molar-refractivity contribution is -0.139. The summed E-state index contributed by atoms with van der Waals surface area (Å²) in [6.45, 7) is 2.54. The molecular formula is C12H13F3N2O3. The van der Waals surface area contributed by atoms with Crippen molar-refractivity contribution in [2.24, 2.45) is 0 Å². The Balaban J connectivity index is 2.84. The lowest BCUT2D eigenvalue weighted by atomic mass is 10.1. The van der Waals surface area contributed by atoms with Crippen molar-refractivity contribution >= 4 is 17.7 Å². The number of anilines is 1. The average Bonchev–Trinajstić information content (AvgIpc) is 2.29. The van der Waals surface area contributed by atoms with Gasteiger partial charge in [0.15, 0.2) is 0 Å². The first kappa shape index (κ1) is 15.8. The number of carbonyl (C=O) groups is 2. The van der Waals surface area contributed by atoms with E-state index >= 15 is 0 Å². The standard InChI is InChI=1S/C12H13F3N2O3/c1-6-3-4-8(5-9(6)12(13,14)15)17-11(20)16-7(2)10(18)19/h3-5,7H,1-2H3,(H,18,19)(H2,16,17,20). The summed E-state index contributed by atoms with van der Waals surface area (Å²) in [5, 5.41) is 12.8. The lowest BCUT2D eigenvalue weighted by Gasteiger charge is -2.14. The molecule has 0 saturated carbocycles. The summed E-state index contributed by atoms with van der Waals surface area (Å²) < 4.78 is 38.0. The Morgan fingerprint density at radius 1 is 1.30 bits per heavy atom. The fraction of sp³-hybridized carbons (Fsp3) is 0.333. The number of carbonyl (C=O) groups excluding carboxylic acids is 1. The zero-order valence-corrected chi connectivity index (χ0v) is 10.7. The van der Waals surface area contributed by atoms with Gasteiger partial charge in [-0.25, -0.2) is 4.79 Å². The summed E-state index contributed by atoms with van der Waals surface area (Å²) in [5.41, 5.74) is -0.901. The van der Waals surface area contributed by atoms with Gasteiger partial charge in [-0.2, -0.15) is 13.2 Å². The van der Waals surface area contributed by atoms with E-state index in [2.05, 4.69) is 10.6 Å². The van der Waals surface area contributed by atoms with E-state index in [-0.39, 0.29) is 11.3 Å². The van der Waals surface area contributed by atoms with Crippen molar-refractivity contribution in [1.29, 1.82) is 0 Å². The van der Waals surface area contributed by atoms with Crippen LogP contribution in [0.25, 0.3) is 0 Å². The SMILES string of the molecule is Cc1ccc(NC(=O)NC(C)C(=O)O)cc1C(F)(F)F. The molecule has 0 radical (unpaired) electrons. The Labute approximate surface area is 112 Å². The number of carboxylic acid groups (broad SMARTS) is 1. The van der Waals surface area contributed by atoms with E-state index < -0.39 is 29.8 Å². The van der Waals surface area contributed by atoms with Crippen molar-refractivity contribution < 1.29 is 27.9 Å². The summed E-state index contributed by atoms with van der Waals surface area (Å²) in [4.78, 5) is 21.9. The predicted molar refractivity (Wildman–Crippen MR) is 65.4 cm³/mol. The van der Waals surface area contributed by atoms with Gasteiger partial charge >= 0.3 is 18.2 Å². The number of rotatable bonds is 3. The Hall–Kier alpha value is -2.25. The van der Waals surface area contributed by atoms with Crippen LogP contribution < -0.4 is 10.6 Å². The van der Waals surface area contributed by atoms with Crippen LogP contribution in [-0.2, 0) is 11.0 Å². The second-order valence-corrected chi connectivity index (χ2v) is 4.19. The minimum absolute atomic E-state index is 0.0300. The molecule has 3 N–H and O–H groups in total. The first-order valence-electron chi connectivity index (χ1n) is 5.59. The number of hydrogen-bond acceptors (Lipinski definition) is 2. The zero-order valence-electron chi connectivity index (χ0n) is 10.7. The summed E-state index contributed by atoms with van der Waals surface area (Å²) in [7, 11) is 0. The van der Waals surface area contributed by atoms with E-state index in [4.69, 9.17) is 5.11 Å². The molecule has 0 bridgehead atoms. The van der Waals surface area contributed by atoms with Gasteiger partial charge in [-0.05, 0) is 31.5 Å². The van der Waals surface area contributed by atoms with Crippen molar-refractivity contribution in [3.63, 3.8) is 0 Å². The van der Waals surface area contributed by atoms with E-state index in [0.717, 1.165) is 6.07 Å². The topological polar surface area (TPSA) is 78.4 Å². The molecule has 1 aromatic carbocycles. The molecule has 0 aromatic heterocycles. The monoisotopic (exact) mass is 290 g/mol. The number of nitrogens with one attached hydrogen (secondary N) is 2. The molecule has 8 heteroatoms. The van der Waals surface area contributed by atoms with E-state index in [1.165, 1.54) is 26.0 Å². The number of carboxylic acids is 1. The van der Waals surface area contributed by atoms with E-state index in [9.17, 15) is 22.8 Å². The van der Waals surface area contributed by atoms with Gasteiger partial charge in [-0.15, -0.1) is 0 Å². The molecule has 0 aliphatic heterocycles. The average molecular weight is 290 g/mol. The molecule has 1 rings (SSSR count). The molecule has 5 nitrogen and oxygen atoms in total. The molecule has 110 valence electrons. The van der Waals surface area contributed by atoms with Crippen LogP contribution in [-0.4, -0.2) is 23.1 Å². The van der Waals surface area contributed by atoms with E-state index in [0.29, 0.717) is 0 Å². The third kappa shape index (κ3) is 4.15. The molecule has 0 saturated heterocycles. The van der Waals surface area contributed by atoms with E-state index in [1.54, 1.807) is 0 Å². The third-order valence-electron chi connectivity index (χ3n) is 2.52. The molecule has 0 aliphatic rings. The van der Waals surface area contributed by atoms with Gasteiger partial charge in [0.1, 0.15) is 6.04 Å². The van der Waals surface area contributed by atoms with Crippen molar-refractivity contribution in [2.75, 3.05) is 5.32 Å². The van der Waals surface area contributed by atoms with Gasteiger partial charge in [0.25, 0.3) is 0 Å². The van der Waals surface area contributed by atoms with Crippen LogP contribution in [0.4, 0.5) is 23.7 Å². The second-order valence-electron chi connectivity index (χ2n) is 4.19. The van der Waals surface area contributed by atoms with Gasteiger partial charge in [-0.3, -0.25) is 4.79 Å². The summed E-state index contributed by atoms with van der Waals surface area (Å²) >= 11 is 0. The molecule has 0 aliphatic carbocycles. The van der Waals surface area contributed by atoms with Crippen LogP contribution in [0.5, 0.6) is 0 Å². The number of alkyl halides is 3. The molecule has 2 amide bonds. The number of aryl methyl sites for hydroxylation is 1. The number of amides is 2. The maximum absolute atomic E-state index is 12.7. The normalized spacial score (nSPS) is 12.7. The predicted octanol–water partition coefficient (Wildman–Crippen LogP) is 2.61. The largest absolute Gasteiger partial charge is 0.480 e. The molecule has 20 heavy (non-hydrogen) atoms. The molecule has 0 spiro atoms. The van der Waals surface area contributed by atoms with Crippen molar-refractivity contribution in [3.05, 3.63) is 29.3 Å². The number of urea groups is 1. The lowest BCUT2D eigenvalue weighted by Crippen LogP contribution is -2.40. The molecule has 0 fully saturated rings. The zero-order chi connectivity index (χ0) is 15.5. The second kappa shape index (κ2) is 5.81. The third-order valence-corrected chi connectivity index (χ3v) is 2.52. The maximum atomic E-state index is 12.7. The van der Waals surface area contributed by atoms with Crippen LogP contribution >= 0.6 is 0 Å². The Morgan fingerprint density at radius 3 is 2.40 bits per heavy atom. The number of hydrogen-bond donors (Lipinski definition) is 3. The summed E-state index contributed by atoms with van der Waals surface area (Å²) in [6, 6.07) is 1.27. The molecule has 1 aromatic rings. The highest BCUT2D eigenvalue weighted by Gasteiger charge is 2.32. The maximum Gasteiger partial charge on any atom is 0.416 e. The highest BCUT2D eigenvalue weighted by atomic mass is 19.4. The van der Waals surface area contributed by atoms with Crippen molar-refractivity contribution in [1.82, 2.24) is 5.32 Å². The van der Waals surface area contributed by atoms with Crippen LogP contribution in [0.2, 0.25) is 0 Å². The molecule has 1 atom stereocenters. The number of aliphatic carboxylic acids is 1.